The van der Waals surface area contributed by atoms with Gasteiger partial charge in [-0.15, -0.1) is 0 Å². The zero-order chi connectivity index (χ0) is 12.3. The van der Waals surface area contributed by atoms with Gasteiger partial charge in [0.05, 0.1) is 6.61 Å². The minimum Gasteiger partial charge on any atom is -0.380 e. The monoisotopic (exact) mass is 240 g/mol. The first-order chi connectivity index (χ1) is 8.25. The van der Waals surface area contributed by atoms with Crippen molar-refractivity contribution in [3.63, 3.8) is 0 Å². The molecule has 0 aromatic carbocycles. The Hall–Kier alpha value is -0.120. The number of ether oxygens (including phenoxy) is 1. The minimum absolute atomic E-state index is 0.365. The summed E-state index contributed by atoms with van der Waals surface area (Å²) in [7, 11) is 0. The number of hydrogen-bond donors (Lipinski definition) is 1. The van der Waals surface area contributed by atoms with E-state index in [0.717, 1.165) is 19.8 Å². The van der Waals surface area contributed by atoms with Gasteiger partial charge in [0.2, 0.25) is 0 Å². The molecule has 0 radical (unpaired) electrons. The fourth-order valence-electron chi connectivity index (χ4n) is 3.42. The molecule has 2 fully saturated rings. The Morgan fingerprint density at radius 1 is 1.29 bits per heavy atom. The average Bonchev–Trinajstić information content (AvgIpc) is 2.91. The van der Waals surface area contributed by atoms with Gasteiger partial charge < -0.3 is 10.1 Å². The van der Waals surface area contributed by atoms with Crippen LogP contribution in [0.2, 0.25) is 0 Å². The topological polar surface area (TPSA) is 24.5 Å². The SMILES string of the molecule is CCC1CN(C2CCOC2)C(CC)(CC)CN1. The molecule has 2 rings (SSSR count). The van der Waals surface area contributed by atoms with Crippen molar-refractivity contribution in [3.05, 3.63) is 0 Å². The maximum atomic E-state index is 5.60. The number of nitrogens with one attached hydrogen (secondary N) is 1. The third-order valence-electron chi connectivity index (χ3n) is 4.90. The molecule has 3 heteroatoms. The van der Waals surface area contributed by atoms with Crippen LogP contribution in [0, 0.1) is 0 Å². The molecule has 100 valence electrons. The lowest BCUT2D eigenvalue weighted by molar-refractivity contribution is -0.00840. The third kappa shape index (κ3) is 2.51. The van der Waals surface area contributed by atoms with Gasteiger partial charge in [0, 0.05) is 37.3 Å². The Morgan fingerprint density at radius 3 is 2.59 bits per heavy atom. The summed E-state index contributed by atoms with van der Waals surface area (Å²) in [5, 5.41) is 3.73. The minimum atomic E-state index is 0.365. The molecule has 0 saturated carbocycles. The first-order valence-corrected chi connectivity index (χ1v) is 7.33. The summed E-state index contributed by atoms with van der Waals surface area (Å²) in [5.74, 6) is 0. The molecule has 0 aromatic heterocycles. The molecule has 0 aromatic rings. The summed E-state index contributed by atoms with van der Waals surface area (Å²) in [5.41, 5.74) is 0.365. The first-order valence-electron chi connectivity index (χ1n) is 7.33. The number of piperazine rings is 1. The Morgan fingerprint density at radius 2 is 2.06 bits per heavy atom. The first kappa shape index (κ1) is 13.3. The highest BCUT2D eigenvalue weighted by molar-refractivity contribution is 5.00. The number of rotatable bonds is 4. The highest BCUT2D eigenvalue weighted by Crippen LogP contribution is 2.31. The molecule has 0 bridgehead atoms. The van der Waals surface area contributed by atoms with Crippen LogP contribution in [0.4, 0.5) is 0 Å². The second kappa shape index (κ2) is 5.68. The summed E-state index contributed by atoms with van der Waals surface area (Å²) in [6, 6.07) is 1.33. The van der Waals surface area contributed by atoms with Crippen LogP contribution in [0.3, 0.4) is 0 Å². The van der Waals surface area contributed by atoms with E-state index in [1.165, 1.54) is 32.2 Å². The summed E-state index contributed by atoms with van der Waals surface area (Å²) >= 11 is 0. The lowest BCUT2D eigenvalue weighted by Gasteiger charge is -2.52. The van der Waals surface area contributed by atoms with Crippen LogP contribution < -0.4 is 5.32 Å². The predicted octanol–water partition coefficient (Wildman–Crippen LogP) is 2.02. The Balaban J connectivity index is 2.13. The molecular formula is C14H28N2O. The molecule has 2 atom stereocenters. The molecule has 17 heavy (non-hydrogen) atoms. The largest absolute Gasteiger partial charge is 0.380 e. The van der Waals surface area contributed by atoms with E-state index < -0.39 is 0 Å². The fourth-order valence-corrected chi connectivity index (χ4v) is 3.42. The molecule has 0 amide bonds. The van der Waals surface area contributed by atoms with Gasteiger partial charge in [0.25, 0.3) is 0 Å². The van der Waals surface area contributed by atoms with Gasteiger partial charge in [-0.05, 0) is 25.7 Å². The van der Waals surface area contributed by atoms with E-state index in [9.17, 15) is 0 Å². The van der Waals surface area contributed by atoms with Crippen LogP contribution in [0.5, 0.6) is 0 Å². The second-order valence-electron chi connectivity index (χ2n) is 5.59. The zero-order valence-electron chi connectivity index (χ0n) is 11.7. The van der Waals surface area contributed by atoms with Crippen LogP contribution in [0.15, 0.2) is 0 Å². The van der Waals surface area contributed by atoms with Crippen LogP contribution in [0.1, 0.15) is 46.5 Å². The summed E-state index contributed by atoms with van der Waals surface area (Å²) in [4.78, 5) is 2.77. The van der Waals surface area contributed by atoms with Gasteiger partial charge in [0.15, 0.2) is 0 Å². The van der Waals surface area contributed by atoms with Gasteiger partial charge in [-0.1, -0.05) is 20.8 Å². The van der Waals surface area contributed by atoms with Crippen LogP contribution in [-0.2, 0) is 4.74 Å². The predicted molar refractivity (Wildman–Crippen MR) is 71.3 cm³/mol. The van der Waals surface area contributed by atoms with Crippen molar-refractivity contribution in [1.82, 2.24) is 10.2 Å². The summed E-state index contributed by atoms with van der Waals surface area (Å²) < 4.78 is 5.60. The van der Waals surface area contributed by atoms with Crippen molar-refractivity contribution < 1.29 is 4.74 Å². The van der Waals surface area contributed by atoms with Crippen LogP contribution >= 0.6 is 0 Å². The standard InChI is InChI=1S/C14H28N2O/c1-4-12-9-16(13-7-8-17-10-13)14(5-2,6-3)11-15-12/h12-13,15H,4-11H2,1-3H3. The van der Waals surface area contributed by atoms with Gasteiger partial charge in [-0.25, -0.2) is 0 Å². The molecule has 3 nitrogen and oxygen atoms in total. The van der Waals surface area contributed by atoms with Crippen molar-refractivity contribution in [2.75, 3.05) is 26.3 Å². The van der Waals surface area contributed by atoms with Crippen LogP contribution in [0.25, 0.3) is 0 Å². The molecule has 2 unspecified atom stereocenters. The zero-order valence-corrected chi connectivity index (χ0v) is 11.7. The molecule has 0 aliphatic carbocycles. The van der Waals surface area contributed by atoms with E-state index in [0.29, 0.717) is 17.6 Å². The number of nitrogens with zero attached hydrogens (tertiary/aromatic N) is 1. The highest BCUT2D eigenvalue weighted by atomic mass is 16.5. The number of hydrogen-bond acceptors (Lipinski definition) is 3. The third-order valence-corrected chi connectivity index (χ3v) is 4.90. The van der Waals surface area contributed by atoms with Gasteiger partial charge >= 0.3 is 0 Å². The lowest BCUT2D eigenvalue weighted by atomic mass is 9.85. The normalized spacial score (nSPS) is 34.1. The lowest BCUT2D eigenvalue weighted by Crippen LogP contribution is -2.66. The molecule has 2 heterocycles. The van der Waals surface area contributed by atoms with Crippen molar-refractivity contribution >= 4 is 0 Å². The smallest absolute Gasteiger partial charge is 0.0622 e. The highest BCUT2D eigenvalue weighted by Gasteiger charge is 2.42. The van der Waals surface area contributed by atoms with Crippen molar-refractivity contribution in [1.29, 1.82) is 0 Å². The Labute approximate surface area is 106 Å². The van der Waals surface area contributed by atoms with E-state index in [-0.39, 0.29) is 0 Å². The molecule has 2 saturated heterocycles. The Kier molecular flexibility index (Phi) is 4.45. The van der Waals surface area contributed by atoms with Crippen molar-refractivity contribution in [2.24, 2.45) is 0 Å². The molecule has 2 aliphatic heterocycles. The fraction of sp³-hybridized carbons (Fsp3) is 1.00. The van der Waals surface area contributed by atoms with Gasteiger partial charge in [0.1, 0.15) is 0 Å². The molecule has 0 spiro atoms. The maximum Gasteiger partial charge on any atom is 0.0622 e. The Bertz CT molecular complexity index is 234. The van der Waals surface area contributed by atoms with Crippen molar-refractivity contribution in [2.45, 2.75) is 64.1 Å². The van der Waals surface area contributed by atoms with Gasteiger partial charge in [-0.2, -0.15) is 0 Å². The second-order valence-corrected chi connectivity index (χ2v) is 5.59. The van der Waals surface area contributed by atoms with E-state index in [2.05, 4.69) is 31.0 Å². The maximum absolute atomic E-state index is 5.60. The summed E-state index contributed by atoms with van der Waals surface area (Å²) in [6.07, 6.45) is 4.93. The summed E-state index contributed by atoms with van der Waals surface area (Å²) in [6.45, 7) is 11.2. The van der Waals surface area contributed by atoms with E-state index in [1.54, 1.807) is 0 Å². The molecule has 2 aliphatic rings. The van der Waals surface area contributed by atoms with E-state index >= 15 is 0 Å². The molecule has 1 N–H and O–H groups in total. The van der Waals surface area contributed by atoms with E-state index in [1.807, 2.05) is 0 Å². The van der Waals surface area contributed by atoms with Crippen molar-refractivity contribution in [3.8, 4) is 0 Å². The average molecular weight is 240 g/mol. The quantitative estimate of drug-likeness (QED) is 0.813. The molecular weight excluding hydrogens is 212 g/mol. The van der Waals surface area contributed by atoms with E-state index in [4.69, 9.17) is 4.74 Å². The van der Waals surface area contributed by atoms with Crippen LogP contribution in [-0.4, -0.2) is 48.8 Å². The van der Waals surface area contributed by atoms with Gasteiger partial charge in [-0.3, -0.25) is 4.90 Å².